The molecule has 5 nitrogen and oxygen atoms in total. The van der Waals surface area contributed by atoms with Crippen molar-refractivity contribution in [3.05, 3.63) is 0 Å². The summed E-state index contributed by atoms with van der Waals surface area (Å²) in [5.74, 6) is 0.650. The van der Waals surface area contributed by atoms with Crippen LogP contribution >= 0.6 is 0 Å². The van der Waals surface area contributed by atoms with Crippen molar-refractivity contribution >= 4 is 11.8 Å². The van der Waals surface area contributed by atoms with Gasteiger partial charge in [-0.25, -0.2) is 0 Å². The molecule has 0 aromatic heterocycles. The van der Waals surface area contributed by atoms with Crippen LogP contribution in [0.15, 0.2) is 0 Å². The molecular formula is C15H27N3O2. The zero-order valence-electron chi connectivity index (χ0n) is 12.7. The minimum absolute atomic E-state index is 0.112. The number of rotatable bonds is 3. The van der Waals surface area contributed by atoms with Crippen molar-refractivity contribution in [2.45, 2.75) is 45.6 Å². The highest BCUT2D eigenvalue weighted by atomic mass is 16.2. The van der Waals surface area contributed by atoms with Gasteiger partial charge in [-0.05, 0) is 26.2 Å². The van der Waals surface area contributed by atoms with Crippen molar-refractivity contribution < 1.29 is 9.59 Å². The monoisotopic (exact) mass is 281 g/mol. The summed E-state index contributed by atoms with van der Waals surface area (Å²) in [6, 6.07) is 0.288. The number of likely N-dealkylation sites (tertiary alicyclic amines) is 1. The lowest BCUT2D eigenvalue weighted by molar-refractivity contribution is -0.142. The molecule has 0 spiro atoms. The first kappa shape index (κ1) is 15.3. The van der Waals surface area contributed by atoms with Crippen LogP contribution in [0.3, 0.4) is 0 Å². The van der Waals surface area contributed by atoms with Gasteiger partial charge in [-0.15, -0.1) is 0 Å². The second-order valence-corrected chi connectivity index (χ2v) is 5.99. The fourth-order valence-corrected chi connectivity index (χ4v) is 3.15. The second kappa shape index (κ2) is 7.07. The Labute approximate surface area is 121 Å². The maximum absolute atomic E-state index is 12.6. The standard InChI is InChI=1S/C15H27N3O2/c1-3-4-14(19)17-8-5-13(6-9-17)15(20)18-10-7-16-11-12(18)2/h12-13,16H,3-11H2,1-2H3/t12-/m1/s1. The maximum atomic E-state index is 12.6. The summed E-state index contributed by atoms with van der Waals surface area (Å²) in [4.78, 5) is 28.4. The Bertz CT molecular complexity index is 351. The van der Waals surface area contributed by atoms with E-state index in [1.54, 1.807) is 0 Å². The van der Waals surface area contributed by atoms with Crippen LogP contribution in [0.4, 0.5) is 0 Å². The number of hydrogen-bond acceptors (Lipinski definition) is 3. The van der Waals surface area contributed by atoms with Crippen molar-refractivity contribution in [2.75, 3.05) is 32.7 Å². The summed E-state index contributed by atoms with van der Waals surface area (Å²) < 4.78 is 0. The number of piperazine rings is 1. The Hall–Kier alpha value is -1.10. The largest absolute Gasteiger partial charge is 0.343 e. The molecule has 0 unspecified atom stereocenters. The van der Waals surface area contributed by atoms with E-state index in [9.17, 15) is 9.59 Å². The highest BCUT2D eigenvalue weighted by molar-refractivity contribution is 5.80. The molecule has 2 amide bonds. The van der Waals surface area contributed by atoms with Crippen molar-refractivity contribution in [3.8, 4) is 0 Å². The summed E-state index contributed by atoms with van der Waals surface area (Å²) in [7, 11) is 0. The van der Waals surface area contributed by atoms with E-state index in [4.69, 9.17) is 0 Å². The van der Waals surface area contributed by atoms with Gasteiger partial charge in [0.2, 0.25) is 11.8 Å². The lowest BCUT2D eigenvalue weighted by atomic mass is 9.94. The Morgan fingerprint density at radius 2 is 1.90 bits per heavy atom. The number of nitrogens with one attached hydrogen (secondary N) is 1. The lowest BCUT2D eigenvalue weighted by Gasteiger charge is -2.39. The first-order valence-electron chi connectivity index (χ1n) is 7.92. The summed E-state index contributed by atoms with van der Waals surface area (Å²) in [5.41, 5.74) is 0. The first-order chi connectivity index (χ1) is 9.63. The van der Waals surface area contributed by atoms with E-state index in [1.807, 2.05) is 16.7 Å². The van der Waals surface area contributed by atoms with Gasteiger partial charge in [0.25, 0.3) is 0 Å². The summed E-state index contributed by atoms with van der Waals surface area (Å²) >= 11 is 0. The SMILES string of the molecule is CCCC(=O)N1CCC(C(=O)N2CCNC[C@H]2C)CC1. The lowest BCUT2D eigenvalue weighted by Crippen LogP contribution is -2.55. The maximum Gasteiger partial charge on any atom is 0.226 e. The minimum Gasteiger partial charge on any atom is -0.343 e. The number of amides is 2. The molecule has 0 saturated carbocycles. The fourth-order valence-electron chi connectivity index (χ4n) is 3.15. The zero-order chi connectivity index (χ0) is 14.5. The molecule has 0 radical (unpaired) electrons. The third kappa shape index (κ3) is 3.51. The van der Waals surface area contributed by atoms with Gasteiger partial charge in [0.15, 0.2) is 0 Å². The first-order valence-corrected chi connectivity index (χ1v) is 7.92. The van der Waals surface area contributed by atoms with Crippen LogP contribution in [0.5, 0.6) is 0 Å². The molecular weight excluding hydrogens is 254 g/mol. The van der Waals surface area contributed by atoms with E-state index in [-0.39, 0.29) is 17.9 Å². The van der Waals surface area contributed by atoms with E-state index in [2.05, 4.69) is 12.2 Å². The highest BCUT2D eigenvalue weighted by Gasteiger charge is 2.32. The van der Waals surface area contributed by atoms with Crippen molar-refractivity contribution in [3.63, 3.8) is 0 Å². The third-order valence-electron chi connectivity index (χ3n) is 4.45. The molecule has 2 heterocycles. The molecule has 2 aliphatic heterocycles. The molecule has 114 valence electrons. The third-order valence-corrected chi connectivity index (χ3v) is 4.45. The van der Waals surface area contributed by atoms with Crippen LogP contribution < -0.4 is 5.32 Å². The molecule has 0 aliphatic carbocycles. The van der Waals surface area contributed by atoms with Crippen LogP contribution in [0.2, 0.25) is 0 Å². The van der Waals surface area contributed by atoms with Gasteiger partial charge in [0, 0.05) is 51.1 Å². The fraction of sp³-hybridized carbons (Fsp3) is 0.867. The molecule has 2 fully saturated rings. The second-order valence-electron chi connectivity index (χ2n) is 5.99. The molecule has 20 heavy (non-hydrogen) atoms. The number of piperidine rings is 1. The van der Waals surface area contributed by atoms with Crippen LogP contribution in [-0.2, 0) is 9.59 Å². The number of carbonyl (C=O) groups excluding carboxylic acids is 2. The summed E-state index contributed by atoms with van der Waals surface area (Å²) in [6.07, 6.45) is 3.18. The molecule has 0 aromatic rings. The zero-order valence-corrected chi connectivity index (χ0v) is 12.7. The van der Waals surface area contributed by atoms with E-state index in [0.29, 0.717) is 12.3 Å². The number of hydrogen-bond donors (Lipinski definition) is 1. The topological polar surface area (TPSA) is 52.7 Å². The predicted molar refractivity (Wildman–Crippen MR) is 78.3 cm³/mol. The van der Waals surface area contributed by atoms with Gasteiger partial charge < -0.3 is 15.1 Å². The van der Waals surface area contributed by atoms with Crippen molar-refractivity contribution in [1.82, 2.24) is 15.1 Å². The molecule has 2 saturated heterocycles. The van der Waals surface area contributed by atoms with Gasteiger partial charge >= 0.3 is 0 Å². The van der Waals surface area contributed by atoms with Crippen molar-refractivity contribution in [1.29, 1.82) is 0 Å². The molecule has 1 atom stereocenters. The number of carbonyl (C=O) groups is 2. The molecule has 2 aliphatic rings. The summed E-state index contributed by atoms with van der Waals surface area (Å²) in [6.45, 7) is 8.22. The van der Waals surface area contributed by atoms with Crippen molar-refractivity contribution in [2.24, 2.45) is 5.92 Å². The molecule has 0 aromatic carbocycles. The van der Waals surface area contributed by atoms with Crippen LogP contribution in [-0.4, -0.2) is 60.4 Å². The average Bonchev–Trinajstić information content (AvgIpc) is 2.47. The van der Waals surface area contributed by atoms with Gasteiger partial charge in [0.1, 0.15) is 0 Å². The predicted octanol–water partition coefficient (Wildman–Crippen LogP) is 0.845. The van der Waals surface area contributed by atoms with Crippen LogP contribution in [0.25, 0.3) is 0 Å². The molecule has 5 heteroatoms. The quantitative estimate of drug-likeness (QED) is 0.834. The van der Waals surface area contributed by atoms with E-state index < -0.39 is 0 Å². The Kier molecular flexibility index (Phi) is 5.40. The highest BCUT2D eigenvalue weighted by Crippen LogP contribution is 2.22. The molecule has 0 bridgehead atoms. The molecule has 2 rings (SSSR count). The smallest absolute Gasteiger partial charge is 0.226 e. The van der Waals surface area contributed by atoms with E-state index in [0.717, 1.165) is 52.0 Å². The Morgan fingerprint density at radius 3 is 2.50 bits per heavy atom. The van der Waals surface area contributed by atoms with E-state index in [1.165, 1.54) is 0 Å². The summed E-state index contributed by atoms with van der Waals surface area (Å²) in [5, 5.41) is 3.31. The molecule has 1 N–H and O–H groups in total. The van der Waals surface area contributed by atoms with Gasteiger partial charge in [-0.1, -0.05) is 6.92 Å². The number of nitrogens with zero attached hydrogens (tertiary/aromatic N) is 2. The minimum atomic E-state index is 0.112. The van der Waals surface area contributed by atoms with Crippen LogP contribution in [0.1, 0.15) is 39.5 Å². The Morgan fingerprint density at radius 1 is 1.20 bits per heavy atom. The van der Waals surface area contributed by atoms with Gasteiger partial charge in [-0.2, -0.15) is 0 Å². The van der Waals surface area contributed by atoms with Crippen LogP contribution in [0, 0.1) is 5.92 Å². The normalized spacial score (nSPS) is 24.8. The van der Waals surface area contributed by atoms with Gasteiger partial charge in [0.05, 0.1) is 0 Å². The van der Waals surface area contributed by atoms with Gasteiger partial charge in [-0.3, -0.25) is 9.59 Å². The van der Waals surface area contributed by atoms with E-state index >= 15 is 0 Å². The average molecular weight is 281 g/mol. The Balaban J connectivity index is 1.83.